The number of nitrogens with one attached hydrogen (secondary N) is 2. The molecule has 1 aromatic heterocycles. The van der Waals surface area contributed by atoms with E-state index in [1.54, 1.807) is 0 Å². The van der Waals surface area contributed by atoms with Crippen molar-refractivity contribution in [3.05, 3.63) is 17.0 Å². The molecule has 29 heavy (non-hydrogen) atoms. The molecule has 1 aliphatic rings. The van der Waals surface area contributed by atoms with Crippen LogP contribution in [0.1, 0.15) is 75.2 Å². The monoisotopic (exact) mass is 519 g/mol. The summed E-state index contributed by atoms with van der Waals surface area (Å²) < 4.78 is 7.96. The van der Waals surface area contributed by atoms with Gasteiger partial charge in [0.1, 0.15) is 0 Å². The standard InChI is InChI=1S/C22H41N5O.HI/c1-17(16-21-18(2)26-27(5)19(21)3)25-22(23-4)24-14-10-7-11-15-28-20-12-8-6-9-13-20;/h17,20H,6-16H2,1-5H3,(H2,23,24,25);1H. The van der Waals surface area contributed by atoms with Crippen LogP contribution in [0.5, 0.6) is 0 Å². The molecular weight excluding hydrogens is 477 g/mol. The van der Waals surface area contributed by atoms with Gasteiger partial charge in [0.15, 0.2) is 5.96 Å². The normalized spacial score (nSPS) is 16.4. The van der Waals surface area contributed by atoms with Gasteiger partial charge in [0.2, 0.25) is 0 Å². The molecule has 0 aromatic carbocycles. The van der Waals surface area contributed by atoms with Crippen LogP contribution >= 0.6 is 24.0 Å². The fraction of sp³-hybridized carbons (Fsp3) is 0.818. The summed E-state index contributed by atoms with van der Waals surface area (Å²) in [6, 6.07) is 0.302. The molecule has 1 saturated carbocycles. The molecule has 0 spiro atoms. The molecule has 2 N–H and O–H groups in total. The highest BCUT2D eigenvalue weighted by molar-refractivity contribution is 14.0. The van der Waals surface area contributed by atoms with Gasteiger partial charge in [-0.3, -0.25) is 9.67 Å². The third kappa shape index (κ3) is 9.24. The van der Waals surface area contributed by atoms with E-state index in [1.165, 1.54) is 49.8 Å². The number of halogens is 1. The van der Waals surface area contributed by atoms with E-state index in [9.17, 15) is 0 Å². The number of hydrogen-bond acceptors (Lipinski definition) is 3. The van der Waals surface area contributed by atoms with E-state index >= 15 is 0 Å². The zero-order valence-corrected chi connectivity index (χ0v) is 21.4. The molecule has 168 valence electrons. The molecule has 0 radical (unpaired) electrons. The van der Waals surface area contributed by atoms with Gasteiger partial charge in [-0.15, -0.1) is 24.0 Å². The van der Waals surface area contributed by atoms with Gasteiger partial charge < -0.3 is 15.4 Å². The minimum atomic E-state index is 0. The van der Waals surface area contributed by atoms with Crippen LogP contribution in [0, 0.1) is 13.8 Å². The van der Waals surface area contributed by atoms with Crippen molar-refractivity contribution in [2.75, 3.05) is 20.2 Å². The van der Waals surface area contributed by atoms with E-state index in [1.807, 2.05) is 18.8 Å². The number of aromatic nitrogens is 2. The van der Waals surface area contributed by atoms with E-state index in [0.717, 1.165) is 44.1 Å². The number of unbranched alkanes of at least 4 members (excludes halogenated alkanes) is 2. The van der Waals surface area contributed by atoms with Gasteiger partial charge in [-0.25, -0.2) is 0 Å². The van der Waals surface area contributed by atoms with Crippen molar-refractivity contribution in [2.24, 2.45) is 12.0 Å². The Balaban J connectivity index is 0.00000420. The molecular formula is C22H42IN5O. The van der Waals surface area contributed by atoms with Crippen molar-refractivity contribution in [2.45, 2.75) is 90.7 Å². The summed E-state index contributed by atoms with van der Waals surface area (Å²) in [4.78, 5) is 4.36. The Bertz CT molecular complexity index is 611. The van der Waals surface area contributed by atoms with Crippen LogP contribution < -0.4 is 10.6 Å². The lowest BCUT2D eigenvalue weighted by atomic mass is 9.98. The van der Waals surface area contributed by atoms with Gasteiger partial charge in [-0.05, 0) is 64.9 Å². The molecule has 2 rings (SSSR count). The molecule has 0 aliphatic heterocycles. The number of rotatable bonds is 10. The quantitative estimate of drug-likeness (QED) is 0.210. The first kappa shape index (κ1) is 26.2. The smallest absolute Gasteiger partial charge is 0.191 e. The second kappa shape index (κ2) is 14.2. The van der Waals surface area contributed by atoms with Crippen LogP contribution in [-0.4, -0.2) is 48.1 Å². The van der Waals surface area contributed by atoms with Crippen LogP contribution in [0.25, 0.3) is 0 Å². The largest absolute Gasteiger partial charge is 0.378 e. The summed E-state index contributed by atoms with van der Waals surface area (Å²) in [7, 11) is 3.84. The molecule has 1 fully saturated rings. The highest BCUT2D eigenvalue weighted by atomic mass is 127. The molecule has 6 nitrogen and oxygen atoms in total. The van der Waals surface area contributed by atoms with Crippen LogP contribution in [-0.2, 0) is 18.2 Å². The number of nitrogens with zero attached hydrogens (tertiary/aromatic N) is 3. The lowest BCUT2D eigenvalue weighted by Crippen LogP contribution is -2.43. The number of ether oxygens (including phenoxy) is 1. The summed E-state index contributed by atoms with van der Waals surface area (Å²) in [6.45, 7) is 8.27. The number of aliphatic imine (C=N–C) groups is 1. The predicted molar refractivity (Wildman–Crippen MR) is 132 cm³/mol. The topological polar surface area (TPSA) is 63.5 Å². The van der Waals surface area contributed by atoms with Crippen LogP contribution in [0.2, 0.25) is 0 Å². The third-order valence-corrected chi connectivity index (χ3v) is 5.80. The van der Waals surface area contributed by atoms with Crippen molar-refractivity contribution < 1.29 is 4.74 Å². The number of hydrogen-bond donors (Lipinski definition) is 2. The Morgan fingerprint density at radius 2 is 1.93 bits per heavy atom. The van der Waals surface area contributed by atoms with Crippen molar-refractivity contribution in [3.8, 4) is 0 Å². The Labute approximate surface area is 194 Å². The van der Waals surface area contributed by atoms with Gasteiger partial charge in [0, 0.05) is 39.0 Å². The molecule has 0 saturated heterocycles. The average Bonchev–Trinajstić information content (AvgIpc) is 2.93. The Morgan fingerprint density at radius 1 is 1.21 bits per heavy atom. The molecule has 7 heteroatoms. The molecule has 1 aliphatic carbocycles. The Morgan fingerprint density at radius 3 is 2.55 bits per heavy atom. The molecule has 1 heterocycles. The van der Waals surface area contributed by atoms with E-state index in [2.05, 4.69) is 41.5 Å². The molecule has 1 atom stereocenters. The SMILES string of the molecule is CN=C(NCCCCCOC1CCCCC1)NC(C)Cc1c(C)nn(C)c1C.I. The van der Waals surface area contributed by atoms with Crippen LogP contribution in [0.3, 0.4) is 0 Å². The van der Waals surface area contributed by atoms with E-state index < -0.39 is 0 Å². The summed E-state index contributed by atoms with van der Waals surface area (Å²) in [5.74, 6) is 0.880. The van der Waals surface area contributed by atoms with Gasteiger partial charge in [0.25, 0.3) is 0 Å². The van der Waals surface area contributed by atoms with E-state index in [0.29, 0.717) is 12.1 Å². The zero-order chi connectivity index (χ0) is 20.4. The first-order chi connectivity index (χ1) is 13.5. The lowest BCUT2D eigenvalue weighted by Gasteiger charge is -2.22. The maximum Gasteiger partial charge on any atom is 0.191 e. The molecule has 0 bridgehead atoms. The van der Waals surface area contributed by atoms with Crippen LogP contribution in [0.15, 0.2) is 4.99 Å². The first-order valence-electron chi connectivity index (χ1n) is 11.1. The highest BCUT2D eigenvalue weighted by Crippen LogP contribution is 2.20. The lowest BCUT2D eigenvalue weighted by molar-refractivity contribution is 0.0264. The minimum Gasteiger partial charge on any atom is -0.378 e. The van der Waals surface area contributed by atoms with E-state index in [-0.39, 0.29) is 24.0 Å². The molecule has 1 aromatic rings. The minimum absolute atomic E-state index is 0. The summed E-state index contributed by atoms with van der Waals surface area (Å²) >= 11 is 0. The summed E-state index contributed by atoms with van der Waals surface area (Å²) in [5, 5.41) is 11.4. The third-order valence-electron chi connectivity index (χ3n) is 5.80. The fourth-order valence-corrected chi connectivity index (χ4v) is 3.99. The van der Waals surface area contributed by atoms with Gasteiger partial charge in [0.05, 0.1) is 11.8 Å². The zero-order valence-electron chi connectivity index (χ0n) is 19.1. The maximum atomic E-state index is 6.00. The van der Waals surface area contributed by atoms with E-state index in [4.69, 9.17) is 4.74 Å². The average molecular weight is 520 g/mol. The second-order valence-corrected chi connectivity index (χ2v) is 8.21. The fourth-order valence-electron chi connectivity index (χ4n) is 3.99. The Hall–Kier alpha value is -0.830. The summed E-state index contributed by atoms with van der Waals surface area (Å²) in [6.07, 6.45) is 11.6. The number of guanidine groups is 1. The molecule has 1 unspecified atom stereocenters. The van der Waals surface area contributed by atoms with Gasteiger partial charge >= 0.3 is 0 Å². The summed E-state index contributed by atoms with van der Waals surface area (Å²) in [5.41, 5.74) is 3.69. The van der Waals surface area contributed by atoms with Crippen LogP contribution in [0.4, 0.5) is 0 Å². The van der Waals surface area contributed by atoms with Gasteiger partial charge in [-0.1, -0.05) is 19.3 Å². The van der Waals surface area contributed by atoms with Crippen molar-refractivity contribution in [3.63, 3.8) is 0 Å². The Kier molecular flexibility index (Phi) is 12.9. The number of aryl methyl sites for hydroxylation is 2. The van der Waals surface area contributed by atoms with Gasteiger partial charge in [-0.2, -0.15) is 5.10 Å². The second-order valence-electron chi connectivity index (χ2n) is 8.21. The maximum absolute atomic E-state index is 6.00. The van der Waals surface area contributed by atoms with Crippen molar-refractivity contribution in [1.82, 2.24) is 20.4 Å². The first-order valence-corrected chi connectivity index (χ1v) is 11.1. The predicted octanol–water partition coefficient (Wildman–Crippen LogP) is 4.27. The highest BCUT2D eigenvalue weighted by Gasteiger charge is 2.14. The van der Waals surface area contributed by atoms with Crippen molar-refractivity contribution in [1.29, 1.82) is 0 Å². The van der Waals surface area contributed by atoms with Crippen molar-refractivity contribution >= 4 is 29.9 Å². The molecule has 0 amide bonds.